The Kier molecular flexibility index (Phi) is 4.83. The van der Waals surface area contributed by atoms with Crippen LogP contribution in [0.5, 0.6) is 0 Å². The van der Waals surface area contributed by atoms with Gasteiger partial charge in [0.25, 0.3) is 0 Å². The van der Waals surface area contributed by atoms with Gasteiger partial charge in [0.2, 0.25) is 0 Å². The molecule has 0 aromatic heterocycles. The van der Waals surface area contributed by atoms with Gasteiger partial charge >= 0.3 is 0 Å². The molecular formula is C13H18FNOS. The van der Waals surface area contributed by atoms with Gasteiger partial charge in [0, 0.05) is 30.3 Å². The third-order valence-electron chi connectivity index (χ3n) is 2.96. The molecule has 1 saturated heterocycles. The maximum absolute atomic E-state index is 13.2. The van der Waals surface area contributed by atoms with Gasteiger partial charge in [0.05, 0.1) is 0 Å². The second-order valence-electron chi connectivity index (χ2n) is 4.23. The molecule has 0 amide bonds. The van der Waals surface area contributed by atoms with E-state index in [0.29, 0.717) is 11.8 Å². The molecule has 1 atom stereocenters. The topological polar surface area (TPSA) is 35.2 Å². The SMILES string of the molecule is NCC(SC1CCOCC1)c1cccc(F)c1. The van der Waals surface area contributed by atoms with E-state index in [2.05, 4.69) is 0 Å². The van der Waals surface area contributed by atoms with Crippen LogP contribution in [0.3, 0.4) is 0 Å². The van der Waals surface area contributed by atoms with Crippen molar-refractivity contribution in [1.82, 2.24) is 0 Å². The number of hydrogen-bond acceptors (Lipinski definition) is 3. The summed E-state index contributed by atoms with van der Waals surface area (Å²) in [6, 6.07) is 6.75. The second-order valence-corrected chi connectivity index (χ2v) is 5.74. The van der Waals surface area contributed by atoms with Crippen molar-refractivity contribution in [2.24, 2.45) is 5.73 Å². The van der Waals surface area contributed by atoms with Gasteiger partial charge < -0.3 is 10.5 Å². The van der Waals surface area contributed by atoms with Crippen molar-refractivity contribution in [3.63, 3.8) is 0 Å². The molecule has 0 radical (unpaired) electrons. The maximum Gasteiger partial charge on any atom is 0.123 e. The van der Waals surface area contributed by atoms with Gasteiger partial charge in [-0.3, -0.25) is 0 Å². The van der Waals surface area contributed by atoms with Crippen molar-refractivity contribution >= 4 is 11.8 Å². The van der Waals surface area contributed by atoms with Gasteiger partial charge in [-0.2, -0.15) is 0 Å². The number of ether oxygens (including phenoxy) is 1. The zero-order chi connectivity index (χ0) is 12.1. The van der Waals surface area contributed by atoms with Gasteiger partial charge in [-0.25, -0.2) is 4.39 Å². The third-order valence-corrected chi connectivity index (χ3v) is 4.61. The molecule has 94 valence electrons. The lowest BCUT2D eigenvalue weighted by Gasteiger charge is -2.26. The van der Waals surface area contributed by atoms with Gasteiger partial charge in [0.15, 0.2) is 0 Å². The molecule has 1 heterocycles. The lowest BCUT2D eigenvalue weighted by atomic mass is 10.1. The Labute approximate surface area is 106 Å². The maximum atomic E-state index is 13.2. The van der Waals surface area contributed by atoms with E-state index >= 15 is 0 Å². The van der Waals surface area contributed by atoms with Gasteiger partial charge in [-0.05, 0) is 30.5 Å². The summed E-state index contributed by atoms with van der Waals surface area (Å²) < 4.78 is 18.5. The van der Waals surface area contributed by atoms with E-state index in [0.717, 1.165) is 31.6 Å². The van der Waals surface area contributed by atoms with Crippen LogP contribution in [0.25, 0.3) is 0 Å². The first-order valence-corrected chi connectivity index (χ1v) is 6.92. The van der Waals surface area contributed by atoms with Crippen LogP contribution in [0.1, 0.15) is 23.7 Å². The number of benzene rings is 1. The number of rotatable bonds is 4. The zero-order valence-corrected chi connectivity index (χ0v) is 10.6. The monoisotopic (exact) mass is 255 g/mol. The summed E-state index contributed by atoms with van der Waals surface area (Å²) in [5.74, 6) is -0.187. The van der Waals surface area contributed by atoms with Crippen molar-refractivity contribution in [2.75, 3.05) is 19.8 Å². The largest absolute Gasteiger partial charge is 0.381 e. The smallest absolute Gasteiger partial charge is 0.123 e. The average molecular weight is 255 g/mol. The summed E-state index contributed by atoms with van der Waals surface area (Å²) in [6.45, 7) is 2.21. The van der Waals surface area contributed by atoms with E-state index < -0.39 is 0 Å². The Balaban J connectivity index is 2.00. The number of nitrogens with two attached hydrogens (primary N) is 1. The first-order chi connectivity index (χ1) is 8.29. The molecular weight excluding hydrogens is 237 g/mol. The molecule has 17 heavy (non-hydrogen) atoms. The summed E-state index contributed by atoms with van der Waals surface area (Å²) >= 11 is 1.86. The average Bonchev–Trinajstić information content (AvgIpc) is 2.37. The molecule has 2 N–H and O–H groups in total. The zero-order valence-electron chi connectivity index (χ0n) is 9.77. The van der Waals surface area contributed by atoms with Crippen LogP contribution in [0.2, 0.25) is 0 Å². The van der Waals surface area contributed by atoms with Crippen molar-refractivity contribution in [2.45, 2.75) is 23.3 Å². The van der Waals surface area contributed by atoms with Gasteiger partial charge in [0.1, 0.15) is 5.82 Å². The van der Waals surface area contributed by atoms with Crippen molar-refractivity contribution in [3.8, 4) is 0 Å². The Morgan fingerprint density at radius 2 is 2.18 bits per heavy atom. The molecule has 1 fully saturated rings. The molecule has 0 aliphatic carbocycles. The first-order valence-electron chi connectivity index (χ1n) is 5.98. The molecule has 0 bridgehead atoms. The standard InChI is InChI=1S/C13H18FNOS/c14-11-3-1-2-10(8-11)13(9-15)17-12-4-6-16-7-5-12/h1-3,8,12-13H,4-7,9,15H2. The molecule has 2 nitrogen and oxygen atoms in total. The normalized spacial score (nSPS) is 19.2. The van der Waals surface area contributed by atoms with Gasteiger partial charge in [-0.1, -0.05) is 12.1 Å². The Bertz CT molecular complexity index is 355. The number of hydrogen-bond donors (Lipinski definition) is 1. The Morgan fingerprint density at radius 3 is 2.82 bits per heavy atom. The van der Waals surface area contributed by atoms with E-state index in [1.54, 1.807) is 12.1 Å². The summed E-state index contributed by atoms with van der Waals surface area (Å²) in [4.78, 5) is 0. The highest BCUT2D eigenvalue weighted by atomic mass is 32.2. The van der Waals surface area contributed by atoms with Crippen molar-refractivity contribution in [3.05, 3.63) is 35.6 Å². The van der Waals surface area contributed by atoms with Gasteiger partial charge in [-0.15, -0.1) is 11.8 Å². The van der Waals surface area contributed by atoms with E-state index in [1.807, 2.05) is 17.8 Å². The molecule has 2 rings (SSSR count). The summed E-state index contributed by atoms with van der Waals surface area (Å²) in [6.07, 6.45) is 2.13. The Hall–Kier alpha value is -0.580. The molecule has 0 spiro atoms. The Morgan fingerprint density at radius 1 is 1.41 bits per heavy atom. The predicted octanol–water partition coefficient (Wildman–Crippen LogP) is 2.74. The quantitative estimate of drug-likeness (QED) is 0.898. The summed E-state index contributed by atoms with van der Waals surface area (Å²) in [7, 11) is 0. The molecule has 1 aliphatic rings. The van der Waals surface area contributed by atoms with Crippen molar-refractivity contribution < 1.29 is 9.13 Å². The molecule has 1 aliphatic heterocycles. The lowest BCUT2D eigenvalue weighted by Crippen LogP contribution is -2.21. The third kappa shape index (κ3) is 3.69. The van der Waals surface area contributed by atoms with Crippen LogP contribution in [-0.2, 0) is 4.74 Å². The van der Waals surface area contributed by atoms with E-state index in [4.69, 9.17) is 10.5 Å². The number of halogens is 1. The highest BCUT2D eigenvalue weighted by Crippen LogP contribution is 2.35. The van der Waals surface area contributed by atoms with Crippen LogP contribution < -0.4 is 5.73 Å². The summed E-state index contributed by atoms with van der Waals surface area (Å²) in [5, 5.41) is 0.773. The van der Waals surface area contributed by atoms with Crippen LogP contribution in [0.15, 0.2) is 24.3 Å². The highest BCUT2D eigenvalue weighted by Gasteiger charge is 2.20. The van der Waals surface area contributed by atoms with E-state index in [1.165, 1.54) is 6.07 Å². The number of thioether (sulfide) groups is 1. The lowest BCUT2D eigenvalue weighted by molar-refractivity contribution is 0.0999. The second kappa shape index (κ2) is 6.38. The minimum absolute atomic E-state index is 0.187. The van der Waals surface area contributed by atoms with Crippen LogP contribution in [0, 0.1) is 5.82 Å². The highest BCUT2D eigenvalue weighted by molar-refractivity contribution is 8.00. The van der Waals surface area contributed by atoms with Crippen LogP contribution >= 0.6 is 11.8 Å². The fourth-order valence-electron chi connectivity index (χ4n) is 2.02. The van der Waals surface area contributed by atoms with E-state index in [9.17, 15) is 4.39 Å². The first kappa shape index (κ1) is 12.9. The molecule has 1 unspecified atom stereocenters. The summed E-state index contributed by atoms with van der Waals surface area (Å²) in [5.41, 5.74) is 6.79. The minimum atomic E-state index is -0.187. The minimum Gasteiger partial charge on any atom is -0.381 e. The fraction of sp³-hybridized carbons (Fsp3) is 0.538. The molecule has 4 heteroatoms. The molecule has 1 aromatic carbocycles. The molecule has 1 aromatic rings. The van der Waals surface area contributed by atoms with Crippen LogP contribution in [-0.4, -0.2) is 25.0 Å². The van der Waals surface area contributed by atoms with E-state index in [-0.39, 0.29) is 11.1 Å². The predicted molar refractivity (Wildman–Crippen MR) is 69.6 cm³/mol. The fourth-order valence-corrected chi connectivity index (χ4v) is 3.37. The van der Waals surface area contributed by atoms with Crippen molar-refractivity contribution in [1.29, 1.82) is 0 Å². The molecule has 0 saturated carbocycles. The van der Waals surface area contributed by atoms with Crippen LogP contribution in [0.4, 0.5) is 4.39 Å².